The van der Waals surface area contributed by atoms with E-state index in [1.54, 1.807) is 0 Å². The van der Waals surface area contributed by atoms with Gasteiger partial charge in [-0.05, 0) is 34.8 Å². The molecule has 0 aliphatic rings. The Labute approximate surface area is 128 Å². The second kappa shape index (κ2) is 6.12. The Balaban J connectivity index is 2.70. The van der Waals surface area contributed by atoms with Crippen molar-refractivity contribution in [2.45, 2.75) is 40.0 Å². The van der Waals surface area contributed by atoms with Crippen molar-refractivity contribution in [2.24, 2.45) is 5.41 Å². The van der Waals surface area contributed by atoms with Crippen LogP contribution in [0.1, 0.15) is 42.8 Å². The standard InChI is InChI=1S/C18H23O2Si/c1-18(2,3)17(20-21(4)5)15-11-7-9-13-8-6-10-14(12-19)16(13)15/h6-12,17H,1-5H3. The fourth-order valence-electron chi connectivity index (χ4n) is 2.66. The summed E-state index contributed by atoms with van der Waals surface area (Å²) in [7, 11) is -0.838. The maximum absolute atomic E-state index is 11.4. The van der Waals surface area contributed by atoms with E-state index in [9.17, 15) is 4.79 Å². The summed E-state index contributed by atoms with van der Waals surface area (Å²) in [5.74, 6) is 0. The highest BCUT2D eigenvalue weighted by molar-refractivity contribution is 6.48. The van der Waals surface area contributed by atoms with E-state index in [1.165, 1.54) is 0 Å². The Hall–Kier alpha value is -1.45. The zero-order chi connectivity index (χ0) is 15.6. The molecule has 2 aromatic carbocycles. The number of benzene rings is 2. The summed E-state index contributed by atoms with van der Waals surface area (Å²) in [4.78, 5) is 11.4. The average Bonchev–Trinajstić information content (AvgIpc) is 2.42. The van der Waals surface area contributed by atoms with E-state index in [0.717, 1.165) is 28.2 Å². The van der Waals surface area contributed by atoms with Gasteiger partial charge in [-0.15, -0.1) is 0 Å². The number of fused-ring (bicyclic) bond motifs is 1. The van der Waals surface area contributed by atoms with Crippen molar-refractivity contribution in [1.29, 1.82) is 0 Å². The highest BCUT2D eigenvalue weighted by Crippen LogP contribution is 2.40. The predicted molar refractivity (Wildman–Crippen MR) is 90.1 cm³/mol. The molecule has 0 saturated carbocycles. The van der Waals surface area contributed by atoms with Gasteiger partial charge in [0.2, 0.25) is 9.04 Å². The minimum Gasteiger partial charge on any atom is -0.410 e. The van der Waals surface area contributed by atoms with Gasteiger partial charge in [-0.1, -0.05) is 57.2 Å². The van der Waals surface area contributed by atoms with Crippen LogP contribution in [0.15, 0.2) is 36.4 Å². The van der Waals surface area contributed by atoms with Gasteiger partial charge in [0.1, 0.15) is 0 Å². The van der Waals surface area contributed by atoms with E-state index in [-0.39, 0.29) is 11.5 Å². The Kier molecular flexibility index (Phi) is 4.64. The number of hydrogen-bond donors (Lipinski definition) is 0. The minimum atomic E-state index is -0.838. The highest BCUT2D eigenvalue weighted by atomic mass is 28.3. The van der Waals surface area contributed by atoms with Gasteiger partial charge in [-0.2, -0.15) is 0 Å². The van der Waals surface area contributed by atoms with Gasteiger partial charge in [0, 0.05) is 5.56 Å². The molecule has 3 heteroatoms. The van der Waals surface area contributed by atoms with Crippen molar-refractivity contribution in [3.8, 4) is 0 Å². The molecule has 1 radical (unpaired) electrons. The maximum atomic E-state index is 11.4. The number of carbonyl (C=O) groups excluding carboxylic acids is 1. The van der Waals surface area contributed by atoms with Crippen LogP contribution < -0.4 is 0 Å². The fraction of sp³-hybridized carbons (Fsp3) is 0.389. The first-order valence-electron chi connectivity index (χ1n) is 7.28. The first-order valence-corrected chi connectivity index (χ1v) is 9.69. The topological polar surface area (TPSA) is 26.3 Å². The summed E-state index contributed by atoms with van der Waals surface area (Å²) in [6, 6.07) is 12.0. The van der Waals surface area contributed by atoms with E-state index >= 15 is 0 Å². The predicted octanol–water partition coefficient (Wildman–Crippen LogP) is 5.01. The molecule has 21 heavy (non-hydrogen) atoms. The summed E-state index contributed by atoms with van der Waals surface area (Å²) in [5, 5.41) is 2.12. The molecule has 0 aliphatic carbocycles. The van der Waals surface area contributed by atoms with Crippen LogP contribution in [0.2, 0.25) is 13.1 Å². The molecule has 0 amide bonds. The quantitative estimate of drug-likeness (QED) is 0.586. The van der Waals surface area contributed by atoms with Gasteiger partial charge in [0.15, 0.2) is 6.29 Å². The van der Waals surface area contributed by atoms with Crippen molar-refractivity contribution in [2.75, 3.05) is 0 Å². The molecule has 0 saturated heterocycles. The normalized spacial score (nSPS) is 13.6. The third-order valence-corrected chi connectivity index (χ3v) is 4.23. The lowest BCUT2D eigenvalue weighted by Crippen LogP contribution is -2.26. The van der Waals surface area contributed by atoms with E-state index in [4.69, 9.17) is 4.43 Å². The third-order valence-electron chi connectivity index (χ3n) is 3.52. The summed E-state index contributed by atoms with van der Waals surface area (Å²) in [6.45, 7) is 10.9. The number of hydrogen-bond acceptors (Lipinski definition) is 2. The largest absolute Gasteiger partial charge is 0.410 e. The van der Waals surface area contributed by atoms with Gasteiger partial charge in [0.25, 0.3) is 0 Å². The van der Waals surface area contributed by atoms with Crippen molar-refractivity contribution >= 4 is 26.1 Å². The van der Waals surface area contributed by atoms with Crippen LogP contribution in [-0.2, 0) is 4.43 Å². The Morgan fingerprint density at radius 3 is 2.24 bits per heavy atom. The van der Waals surface area contributed by atoms with Crippen molar-refractivity contribution in [3.63, 3.8) is 0 Å². The summed E-state index contributed by atoms with van der Waals surface area (Å²) in [5.41, 5.74) is 1.84. The van der Waals surface area contributed by atoms with E-state index in [0.29, 0.717) is 0 Å². The van der Waals surface area contributed by atoms with E-state index in [2.05, 4.69) is 52.1 Å². The van der Waals surface area contributed by atoms with Crippen LogP contribution in [0.25, 0.3) is 10.8 Å². The summed E-state index contributed by atoms with van der Waals surface area (Å²) in [6.07, 6.45) is 0.932. The van der Waals surface area contributed by atoms with Crippen LogP contribution in [0, 0.1) is 5.41 Å². The van der Waals surface area contributed by atoms with Crippen LogP contribution in [0.5, 0.6) is 0 Å². The van der Waals surface area contributed by atoms with Crippen molar-refractivity contribution in [1.82, 2.24) is 0 Å². The lowest BCUT2D eigenvalue weighted by Gasteiger charge is -2.33. The molecule has 0 aliphatic heterocycles. The molecule has 1 atom stereocenters. The number of rotatable bonds is 4. The lowest BCUT2D eigenvalue weighted by molar-refractivity contribution is 0.0878. The van der Waals surface area contributed by atoms with Crippen LogP contribution >= 0.6 is 0 Å². The molecule has 2 rings (SSSR count). The molecule has 0 bridgehead atoms. The third kappa shape index (κ3) is 3.42. The number of carbonyl (C=O) groups is 1. The Bertz CT molecular complexity index is 636. The van der Waals surface area contributed by atoms with Gasteiger partial charge in [-0.3, -0.25) is 4.79 Å². The first kappa shape index (κ1) is 15.9. The summed E-state index contributed by atoms with van der Waals surface area (Å²) < 4.78 is 6.29. The smallest absolute Gasteiger partial charge is 0.205 e. The Morgan fingerprint density at radius 1 is 1.10 bits per heavy atom. The lowest BCUT2D eigenvalue weighted by atomic mass is 9.82. The maximum Gasteiger partial charge on any atom is 0.205 e. The second-order valence-corrected chi connectivity index (χ2v) is 8.73. The molecule has 0 fully saturated rings. The zero-order valence-electron chi connectivity index (χ0n) is 13.4. The minimum absolute atomic E-state index is 0.00816. The highest BCUT2D eigenvalue weighted by Gasteiger charge is 2.29. The monoisotopic (exact) mass is 299 g/mol. The summed E-state index contributed by atoms with van der Waals surface area (Å²) >= 11 is 0. The molecule has 0 N–H and O–H groups in total. The molecular formula is C18H23O2Si. The molecule has 2 nitrogen and oxygen atoms in total. The van der Waals surface area contributed by atoms with Gasteiger partial charge in [0.05, 0.1) is 6.10 Å². The molecule has 111 valence electrons. The van der Waals surface area contributed by atoms with Crippen LogP contribution in [0.3, 0.4) is 0 Å². The van der Waals surface area contributed by atoms with Gasteiger partial charge >= 0.3 is 0 Å². The molecular weight excluding hydrogens is 276 g/mol. The molecule has 1 unspecified atom stereocenters. The van der Waals surface area contributed by atoms with E-state index < -0.39 is 9.04 Å². The van der Waals surface area contributed by atoms with Crippen molar-refractivity contribution in [3.05, 3.63) is 47.5 Å². The van der Waals surface area contributed by atoms with Gasteiger partial charge in [-0.25, -0.2) is 0 Å². The number of aldehydes is 1. The second-order valence-electron chi connectivity index (χ2n) is 6.68. The average molecular weight is 299 g/mol. The Morgan fingerprint density at radius 2 is 1.71 bits per heavy atom. The first-order chi connectivity index (χ1) is 9.84. The fourth-order valence-corrected chi connectivity index (χ4v) is 3.61. The molecule has 2 aromatic rings. The van der Waals surface area contributed by atoms with Crippen LogP contribution in [-0.4, -0.2) is 15.3 Å². The van der Waals surface area contributed by atoms with E-state index in [1.807, 2.05) is 18.2 Å². The molecule has 0 aromatic heterocycles. The SMILES string of the molecule is C[Si](C)OC(c1cccc2cccc(C=O)c12)C(C)(C)C. The van der Waals surface area contributed by atoms with Crippen LogP contribution in [0.4, 0.5) is 0 Å². The van der Waals surface area contributed by atoms with Crippen molar-refractivity contribution < 1.29 is 9.22 Å². The van der Waals surface area contributed by atoms with Gasteiger partial charge < -0.3 is 4.43 Å². The zero-order valence-corrected chi connectivity index (χ0v) is 14.4. The molecule has 0 spiro atoms. The molecule has 0 heterocycles.